The quantitative estimate of drug-likeness (QED) is 0.623. The number of nitrogens with zero attached hydrogens (tertiary/aromatic N) is 1. The first kappa shape index (κ1) is 17.7. The van der Waals surface area contributed by atoms with E-state index in [2.05, 4.69) is 22.2 Å². The molecule has 1 aromatic heterocycles. The molecule has 1 aromatic carbocycles. The van der Waals surface area contributed by atoms with E-state index in [1.165, 1.54) is 11.3 Å². The fourth-order valence-electron chi connectivity index (χ4n) is 1.80. The summed E-state index contributed by atoms with van der Waals surface area (Å²) in [5.41, 5.74) is 2.11. The van der Waals surface area contributed by atoms with E-state index >= 15 is 0 Å². The van der Waals surface area contributed by atoms with Crippen molar-refractivity contribution in [2.24, 2.45) is 0 Å². The van der Waals surface area contributed by atoms with Crippen LogP contribution in [-0.4, -0.2) is 23.4 Å². The fourth-order valence-corrected chi connectivity index (χ4v) is 2.41. The predicted molar refractivity (Wildman–Crippen MR) is 94.1 cm³/mol. The maximum absolute atomic E-state index is 11.9. The minimum Gasteiger partial charge on any atom is -0.489 e. The van der Waals surface area contributed by atoms with Crippen LogP contribution in [0.25, 0.3) is 0 Å². The zero-order chi connectivity index (χ0) is 17.5. The second-order valence-electron chi connectivity index (χ2n) is 5.27. The summed E-state index contributed by atoms with van der Waals surface area (Å²) in [6.07, 6.45) is 0. The van der Waals surface area contributed by atoms with Crippen molar-refractivity contribution in [1.29, 1.82) is 0 Å². The van der Waals surface area contributed by atoms with E-state index in [0.29, 0.717) is 18.0 Å². The number of aryl methyl sites for hydroxylation is 1. The third-order valence-electron chi connectivity index (χ3n) is 2.88. The van der Waals surface area contributed by atoms with Gasteiger partial charge in [0.25, 0.3) is 0 Å². The van der Waals surface area contributed by atoms with Crippen LogP contribution in [-0.2, 0) is 16.1 Å². The highest BCUT2D eigenvalue weighted by molar-refractivity contribution is 7.09. The van der Waals surface area contributed by atoms with E-state index in [-0.39, 0.29) is 6.54 Å². The molecule has 6 nitrogen and oxygen atoms in total. The van der Waals surface area contributed by atoms with Crippen LogP contribution in [0.4, 0.5) is 5.69 Å². The minimum atomic E-state index is -0.737. The third-order valence-corrected chi connectivity index (χ3v) is 3.70. The number of benzene rings is 1. The van der Waals surface area contributed by atoms with Gasteiger partial charge in [-0.3, -0.25) is 9.59 Å². The van der Waals surface area contributed by atoms with Crippen molar-refractivity contribution in [3.8, 4) is 5.75 Å². The lowest BCUT2D eigenvalue weighted by Crippen LogP contribution is -2.35. The predicted octanol–water partition coefficient (Wildman–Crippen LogP) is 2.66. The average Bonchev–Trinajstić information content (AvgIpc) is 2.96. The maximum atomic E-state index is 11.9. The highest BCUT2D eigenvalue weighted by Gasteiger charge is 2.14. The van der Waals surface area contributed by atoms with Gasteiger partial charge >= 0.3 is 11.8 Å². The van der Waals surface area contributed by atoms with Crippen LogP contribution in [0.15, 0.2) is 41.8 Å². The molecule has 2 rings (SSSR count). The Kier molecular flexibility index (Phi) is 6.08. The molecule has 1 heterocycles. The number of nitrogens with one attached hydrogen (secondary N) is 2. The molecule has 0 saturated carbocycles. The summed E-state index contributed by atoms with van der Waals surface area (Å²) < 4.78 is 5.50. The topological polar surface area (TPSA) is 80.3 Å². The minimum absolute atomic E-state index is 0.221. The molecule has 2 amide bonds. The number of amides is 2. The van der Waals surface area contributed by atoms with Crippen molar-refractivity contribution in [2.45, 2.75) is 20.4 Å². The first-order chi connectivity index (χ1) is 11.4. The Balaban J connectivity index is 1.87. The van der Waals surface area contributed by atoms with Crippen LogP contribution in [0.5, 0.6) is 5.75 Å². The van der Waals surface area contributed by atoms with Crippen LogP contribution in [0, 0.1) is 6.92 Å². The summed E-state index contributed by atoms with van der Waals surface area (Å²) in [4.78, 5) is 28.0. The Labute approximate surface area is 144 Å². The van der Waals surface area contributed by atoms with Crippen molar-refractivity contribution in [1.82, 2.24) is 10.3 Å². The summed E-state index contributed by atoms with van der Waals surface area (Å²) in [5.74, 6) is -0.859. The molecule has 7 heteroatoms. The van der Waals surface area contributed by atoms with Gasteiger partial charge in [-0.15, -0.1) is 11.3 Å². The molecule has 24 heavy (non-hydrogen) atoms. The first-order valence-corrected chi connectivity index (χ1v) is 8.19. The van der Waals surface area contributed by atoms with Crippen LogP contribution in [0.2, 0.25) is 0 Å². The molecular formula is C17H19N3O3S. The molecule has 0 aliphatic carbocycles. The van der Waals surface area contributed by atoms with Gasteiger partial charge in [0.05, 0.1) is 17.2 Å². The van der Waals surface area contributed by atoms with Crippen molar-refractivity contribution in [3.63, 3.8) is 0 Å². The number of rotatable bonds is 6. The van der Waals surface area contributed by atoms with Gasteiger partial charge in [0.2, 0.25) is 0 Å². The highest BCUT2D eigenvalue weighted by atomic mass is 32.1. The molecule has 0 bridgehead atoms. The standard InChI is InChI=1S/C17H19N3O3S/c1-11(2)9-23-15-6-4-5-13(7-15)20-17(22)16(21)18-8-14-10-24-12(3)19-14/h4-7,10H,1,8-9H2,2-3H3,(H,18,21)(H,20,22). The normalized spacial score (nSPS) is 10.1. The van der Waals surface area contributed by atoms with Gasteiger partial charge < -0.3 is 15.4 Å². The largest absolute Gasteiger partial charge is 0.489 e. The van der Waals surface area contributed by atoms with Gasteiger partial charge in [-0.1, -0.05) is 12.6 Å². The van der Waals surface area contributed by atoms with E-state index in [4.69, 9.17) is 4.74 Å². The Morgan fingerprint density at radius 1 is 1.33 bits per heavy atom. The fraction of sp³-hybridized carbons (Fsp3) is 0.235. The van der Waals surface area contributed by atoms with Crippen molar-refractivity contribution >= 4 is 28.8 Å². The highest BCUT2D eigenvalue weighted by Crippen LogP contribution is 2.17. The van der Waals surface area contributed by atoms with E-state index in [1.807, 2.05) is 19.2 Å². The van der Waals surface area contributed by atoms with Gasteiger partial charge in [0, 0.05) is 17.1 Å². The molecule has 2 N–H and O–H groups in total. The number of thiazole rings is 1. The third kappa shape index (κ3) is 5.51. The Hall–Kier alpha value is -2.67. The van der Waals surface area contributed by atoms with E-state index in [9.17, 15) is 9.59 Å². The second-order valence-corrected chi connectivity index (χ2v) is 6.33. The Morgan fingerprint density at radius 2 is 2.12 bits per heavy atom. The summed E-state index contributed by atoms with van der Waals surface area (Å²) >= 11 is 1.49. The van der Waals surface area contributed by atoms with Crippen molar-refractivity contribution in [2.75, 3.05) is 11.9 Å². The van der Waals surface area contributed by atoms with E-state index < -0.39 is 11.8 Å². The molecule has 2 aromatic rings. The van der Waals surface area contributed by atoms with E-state index in [0.717, 1.165) is 16.3 Å². The molecule has 0 aliphatic rings. The summed E-state index contributed by atoms with van der Waals surface area (Å²) in [6, 6.07) is 6.84. The molecule has 0 saturated heterocycles. The van der Waals surface area contributed by atoms with Crippen LogP contribution < -0.4 is 15.4 Å². The molecule has 0 radical (unpaired) electrons. The first-order valence-electron chi connectivity index (χ1n) is 7.31. The van der Waals surface area contributed by atoms with Gasteiger partial charge in [0.1, 0.15) is 12.4 Å². The summed E-state index contributed by atoms with van der Waals surface area (Å²) in [7, 11) is 0. The lowest BCUT2D eigenvalue weighted by Gasteiger charge is -2.09. The Bertz CT molecular complexity index is 755. The monoisotopic (exact) mass is 345 g/mol. The number of hydrogen-bond donors (Lipinski definition) is 2. The number of carbonyl (C=O) groups is 2. The Morgan fingerprint density at radius 3 is 2.79 bits per heavy atom. The number of hydrogen-bond acceptors (Lipinski definition) is 5. The molecular weight excluding hydrogens is 326 g/mol. The molecule has 126 valence electrons. The number of anilines is 1. The zero-order valence-corrected chi connectivity index (χ0v) is 14.4. The molecule has 0 fully saturated rings. The second kappa shape index (κ2) is 8.26. The van der Waals surface area contributed by atoms with Crippen LogP contribution >= 0.6 is 11.3 Å². The van der Waals surface area contributed by atoms with Crippen LogP contribution in [0.3, 0.4) is 0 Å². The van der Waals surface area contributed by atoms with Gasteiger partial charge in [-0.25, -0.2) is 4.98 Å². The lowest BCUT2D eigenvalue weighted by atomic mass is 10.3. The summed E-state index contributed by atoms with van der Waals surface area (Å²) in [5, 5.41) is 7.83. The zero-order valence-electron chi connectivity index (χ0n) is 13.6. The summed E-state index contributed by atoms with van der Waals surface area (Å²) in [6.45, 7) is 8.11. The van der Waals surface area contributed by atoms with Gasteiger partial charge in [-0.05, 0) is 31.6 Å². The van der Waals surface area contributed by atoms with Crippen LogP contribution in [0.1, 0.15) is 17.6 Å². The van der Waals surface area contributed by atoms with Crippen molar-refractivity contribution < 1.29 is 14.3 Å². The molecule has 0 aliphatic heterocycles. The lowest BCUT2D eigenvalue weighted by molar-refractivity contribution is -0.136. The van der Waals surface area contributed by atoms with Gasteiger partial charge in [0.15, 0.2) is 0 Å². The number of carbonyl (C=O) groups excluding carboxylic acids is 2. The van der Waals surface area contributed by atoms with Gasteiger partial charge in [-0.2, -0.15) is 0 Å². The van der Waals surface area contributed by atoms with Crippen molar-refractivity contribution in [3.05, 3.63) is 52.5 Å². The number of aromatic nitrogens is 1. The number of ether oxygens (including phenoxy) is 1. The van der Waals surface area contributed by atoms with E-state index in [1.54, 1.807) is 24.3 Å². The smallest absolute Gasteiger partial charge is 0.313 e. The molecule has 0 unspecified atom stereocenters. The SMILES string of the molecule is C=C(C)COc1cccc(NC(=O)C(=O)NCc2csc(C)n2)c1. The molecule has 0 atom stereocenters. The average molecular weight is 345 g/mol. The maximum Gasteiger partial charge on any atom is 0.313 e. The molecule has 0 spiro atoms.